The van der Waals surface area contributed by atoms with E-state index in [4.69, 9.17) is 10.00 Å². The van der Waals surface area contributed by atoms with E-state index in [2.05, 4.69) is 5.32 Å². The molecule has 0 aliphatic heterocycles. The fourth-order valence-electron chi connectivity index (χ4n) is 1.84. The number of rotatable bonds is 6. The molecule has 0 bridgehead atoms. The third-order valence-corrected chi connectivity index (χ3v) is 3.07. The molecule has 1 aromatic carbocycles. The fourth-order valence-corrected chi connectivity index (χ4v) is 1.84. The number of carbonyl (C=O) groups excluding carboxylic acids is 3. The first kappa shape index (κ1) is 20.7. The molecule has 0 saturated heterocycles. The predicted octanol–water partition coefficient (Wildman–Crippen LogP) is 1.44. The van der Waals surface area contributed by atoms with Gasteiger partial charge in [0.2, 0.25) is 0 Å². The molecule has 0 unspecified atom stereocenters. The monoisotopic (exact) mass is 358 g/mol. The molecule has 0 saturated carbocycles. The second-order valence-electron chi connectivity index (χ2n) is 5.91. The maximum Gasteiger partial charge on any atom is 0.349 e. The number of benzene rings is 1. The van der Waals surface area contributed by atoms with E-state index < -0.39 is 24.5 Å². The van der Waals surface area contributed by atoms with Crippen molar-refractivity contribution in [3.63, 3.8) is 0 Å². The quantitative estimate of drug-likeness (QED) is 0.452. The average Bonchev–Trinajstić information content (AvgIpc) is 2.57. The topological polar surface area (TPSA) is 112 Å². The van der Waals surface area contributed by atoms with Crippen molar-refractivity contribution in [1.82, 2.24) is 10.6 Å². The zero-order chi connectivity index (χ0) is 19.7. The molecular formula is C18H22N4O4. The van der Waals surface area contributed by atoms with Crippen LogP contribution in [0.1, 0.15) is 19.4 Å². The third kappa shape index (κ3) is 7.05. The first-order valence-electron chi connectivity index (χ1n) is 7.89. The summed E-state index contributed by atoms with van der Waals surface area (Å²) in [4.78, 5) is 36.8. The van der Waals surface area contributed by atoms with Crippen LogP contribution >= 0.6 is 0 Å². The van der Waals surface area contributed by atoms with Crippen LogP contribution in [0, 0.1) is 11.3 Å². The van der Waals surface area contributed by atoms with Crippen molar-refractivity contribution in [3.8, 4) is 6.07 Å². The van der Waals surface area contributed by atoms with Crippen molar-refractivity contribution in [2.75, 3.05) is 25.6 Å². The van der Waals surface area contributed by atoms with E-state index in [1.807, 2.05) is 36.4 Å². The lowest BCUT2D eigenvalue weighted by Gasteiger charge is -2.12. The highest BCUT2D eigenvalue weighted by atomic mass is 16.5. The Kier molecular flexibility index (Phi) is 7.83. The van der Waals surface area contributed by atoms with Crippen molar-refractivity contribution in [3.05, 3.63) is 35.4 Å². The van der Waals surface area contributed by atoms with Crippen LogP contribution in [0.5, 0.6) is 0 Å². The lowest BCUT2D eigenvalue weighted by molar-refractivity contribution is -0.144. The summed E-state index contributed by atoms with van der Waals surface area (Å²) in [7, 11) is 3.80. The number of nitriles is 1. The van der Waals surface area contributed by atoms with E-state index >= 15 is 0 Å². The van der Waals surface area contributed by atoms with Crippen LogP contribution < -0.4 is 15.5 Å². The fraction of sp³-hybridized carbons (Fsp3) is 0.333. The van der Waals surface area contributed by atoms with Crippen molar-refractivity contribution < 1.29 is 19.1 Å². The van der Waals surface area contributed by atoms with Crippen LogP contribution in [0.4, 0.5) is 10.5 Å². The average molecular weight is 358 g/mol. The second kappa shape index (κ2) is 9.84. The number of hydrogen-bond donors (Lipinski definition) is 2. The van der Waals surface area contributed by atoms with Crippen molar-refractivity contribution >= 4 is 29.7 Å². The Hall–Kier alpha value is -3.34. The summed E-state index contributed by atoms with van der Waals surface area (Å²) >= 11 is 0. The molecule has 26 heavy (non-hydrogen) atoms. The molecule has 8 nitrogen and oxygen atoms in total. The van der Waals surface area contributed by atoms with E-state index in [9.17, 15) is 14.4 Å². The summed E-state index contributed by atoms with van der Waals surface area (Å²) < 4.78 is 4.77. The second-order valence-corrected chi connectivity index (χ2v) is 5.91. The minimum Gasteiger partial charge on any atom is -0.451 e. The number of urea groups is 1. The maximum absolute atomic E-state index is 11.9. The molecule has 0 spiro atoms. The van der Waals surface area contributed by atoms with E-state index in [1.165, 1.54) is 6.08 Å². The third-order valence-electron chi connectivity index (χ3n) is 3.07. The largest absolute Gasteiger partial charge is 0.451 e. The number of esters is 1. The van der Waals surface area contributed by atoms with Crippen LogP contribution in [0.15, 0.2) is 29.8 Å². The van der Waals surface area contributed by atoms with Gasteiger partial charge >= 0.3 is 12.0 Å². The highest BCUT2D eigenvalue weighted by molar-refractivity contribution is 6.00. The Morgan fingerprint density at radius 1 is 1.23 bits per heavy atom. The van der Waals surface area contributed by atoms with Crippen LogP contribution in [-0.2, 0) is 14.3 Å². The number of amides is 3. The van der Waals surface area contributed by atoms with Crippen LogP contribution in [-0.4, -0.2) is 44.7 Å². The number of hydrogen-bond acceptors (Lipinski definition) is 6. The van der Waals surface area contributed by atoms with Crippen LogP contribution in [0.25, 0.3) is 6.08 Å². The molecule has 0 fully saturated rings. The van der Waals surface area contributed by atoms with Gasteiger partial charge in [0.25, 0.3) is 5.91 Å². The number of ether oxygens (including phenoxy) is 1. The molecule has 2 N–H and O–H groups in total. The summed E-state index contributed by atoms with van der Waals surface area (Å²) in [5.41, 5.74) is 1.37. The highest BCUT2D eigenvalue weighted by Crippen LogP contribution is 2.15. The molecule has 0 heterocycles. The molecular weight excluding hydrogens is 336 g/mol. The molecule has 1 aromatic rings. The minimum absolute atomic E-state index is 0.141. The predicted molar refractivity (Wildman–Crippen MR) is 97.1 cm³/mol. The number of imide groups is 1. The Balaban J connectivity index is 2.64. The molecule has 8 heteroatoms. The Morgan fingerprint density at radius 3 is 2.35 bits per heavy atom. The molecule has 0 aliphatic rings. The highest BCUT2D eigenvalue weighted by Gasteiger charge is 2.15. The van der Waals surface area contributed by atoms with Gasteiger partial charge in [0.1, 0.15) is 11.6 Å². The van der Waals surface area contributed by atoms with Gasteiger partial charge in [0, 0.05) is 25.8 Å². The van der Waals surface area contributed by atoms with E-state index in [-0.39, 0.29) is 11.6 Å². The maximum atomic E-state index is 11.9. The summed E-state index contributed by atoms with van der Waals surface area (Å²) in [5, 5.41) is 13.6. The molecule has 0 radical (unpaired) electrons. The van der Waals surface area contributed by atoms with Crippen LogP contribution in [0.3, 0.4) is 0 Å². The standard InChI is InChI=1S/C18H22N4O4/c1-12(2)20-18(25)21-16(23)11-26-17(24)14(10-19)9-13-5-7-15(8-6-13)22(3)4/h5-9,12H,11H2,1-4H3,(H2,20,21,23,25)/b14-9+. The van der Waals surface area contributed by atoms with Gasteiger partial charge < -0.3 is 15.0 Å². The SMILES string of the molecule is CC(C)NC(=O)NC(=O)COC(=O)/C(C#N)=C/c1ccc(N(C)C)cc1. The number of anilines is 1. The van der Waals surface area contributed by atoms with E-state index in [0.717, 1.165) is 5.69 Å². The molecule has 1 rings (SSSR count). The lowest BCUT2D eigenvalue weighted by atomic mass is 10.1. The van der Waals surface area contributed by atoms with E-state index in [1.54, 1.807) is 32.0 Å². The molecule has 0 atom stereocenters. The normalized spacial score (nSPS) is 10.7. The summed E-state index contributed by atoms with van der Waals surface area (Å²) in [6.45, 7) is 2.81. The van der Waals surface area contributed by atoms with Crippen molar-refractivity contribution in [2.45, 2.75) is 19.9 Å². The molecule has 138 valence electrons. The zero-order valence-corrected chi connectivity index (χ0v) is 15.2. The Morgan fingerprint density at radius 2 is 1.85 bits per heavy atom. The first-order valence-corrected chi connectivity index (χ1v) is 7.89. The Labute approximate surface area is 152 Å². The zero-order valence-electron chi connectivity index (χ0n) is 15.2. The summed E-state index contributed by atoms with van der Waals surface area (Å²) in [6, 6.07) is 8.11. The molecule has 3 amide bonds. The van der Waals surface area contributed by atoms with Gasteiger partial charge in [-0.1, -0.05) is 12.1 Å². The molecule has 0 aromatic heterocycles. The number of carbonyl (C=O) groups is 3. The number of nitrogens with one attached hydrogen (secondary N) is 2. The van der Waals surface area contributed by atoms with Crippen molar-refractivity contribution in [2.24, 2.45) is 0 Å². The van der Waals surface area contributed by atoms with Crippen molar-refractivity contribution in [1.29, 1.82) is 5.26 Å². The molecule has 0 aliphatic carbocycles. The van der Waals surface area contributed by atoms with Crippen LogP contribution in [0.2, 0.25) is 0 Å². The Bertz CT molecular complexity index is 731. The van der Waals surface area contributed by atoms with Gasteiger partial charge in [0.05, 0.1) is 0 Å². The van der Waals surface area contributed by atoms with Gasteiger partial charge in [-0.3, -0.25) is 10.1 Å². The summed E-state index contributed by atoms with van der Waals surface area (Å²) in [6.07, 6.45) is 1.37. The minimum atomic E-state index is -0.941. The van der Waals surface area contributed by atoms with E-state index in [0.29, 0.717) is 5.56 Å². The van der Waals surface area contributed by atoms with Gasteiger partial charge in [-0.15, -0.1) is 0 Å². The van der Waals surface area contributed by atoms with Gasteiger partial charge in [-0.2, -0.15) is 5.26 Å². The number of nitrogens with zero attached hydrogens (tertiary/aromatic N) is 2. The first-order chi connectivity index (χ1) is 12.2. The summed E-state index contributed by atoms with van der Waals surface area (Å²) in [5.74, 6) is -1.73. The van der Waals surface area contributed by atoms with Gasteiger partial charge in [-0.05, 0) is 37.6 Å². The van der Waals surface area contributed by atoms with Gasteiger partial charge in [-0.25, -0.2) is 9.59 Å². The smallest absolute Gasteiger partial charge is 0.349 e. The van der Waals surface area contributed by atoms with Gasteiger partial charge in [0.15, 0.2) is 6.61 Å². The lowest BCUT2D eigenvalue weighted by Crippen LogP contribution is -2.44.